The number of rotatable bonds is 2. The number of ether oxygens (including phenoxy) is 2. The summed E-state index contributed by atoms with van der Waals surface area (Å²) in [5.41, 5.74) is 0. The third-order valence-electron chi connectivity index (χ3n) is 3.91. The molecule has 0 saturated carbocycles. The first-order chi connectivity index (χ1) is 9.04. The molecule has 2 heterocycles. The van der Waals surface area contributed by atoms with Crippen LogP contribution in [-0.2, 0) is 19.1 Å². The number of esters is 1. The third kappa shape index (κ3) is 2.72. The first-order valence-corrected chi connectivity index (χ1v) is 6.74. The van der Waals surface area contributed by atoms with Gasteiger partial charge in [0.25, 0.3) is 0 Å². The van der Waals surface area contributed by atoms with Gasteiger partial charge in [0.2, 0.25) is 5.91 Å². The molecule has 0 aromatic heterocycles. The molecule has 6 nitrogen and oxygen atoms in total. The maximum atomic E-state index is 12.0. The highest BCUT2D eigenvalue weighted by Crippen LogP contribution is 2.36. The predicted octanol–water partition coefficient (Wildman–Crippen LogP) is 1.48. The van der Waals surface area contributed by atoms with Crippen molar-refractivity contribution in [2.45, 2.75) is 51.6 Å². The van der Waals surface area contributed by atoms with Gasteiger partial charge in [-0.25, -0.2) is 9.59 Å². The fourth-order valence-corrected chi connectivity index (χ4v) is 2.97. The van der Waals surface area contributed by atoms with Crippen molar-refractivity contribution in [2.24, 2.45) is 5.92 Å². The Balaban J connectivity index is 2.04. The normalized spacial score (nSPS) is 29.9. The summed E-state index contributed by atoms with van der Waals surface area (Å²) in [6, 6.07) is -0.540. The highest BCUT2D eigenvalue weighted by Gasteiger charge is 2.46. The van der Waals surface area contributed by atoms with Crippen molar-refractivity contribution >= 4 is 18.0 Å². The largest absolute Gasteiger partial charge is 0.516 e. The zero-order valence-corrected chi connectivity index (χ0v) is 11.3. The van der Waals surface area contributed by atoms with Gasteiger partial charge in [-0.1, -0.05) is 6.92 Å². The molecule has 0 N–H and O–H groups in total. The van der Waals surface area contributed by atoms with Crippen LogP contribution in [0.4, 0.5) is 4.79 Å². The van der Waals surface area contributed by atoms with Crippen molar-refractivity contribution in [1.82, 2.24) is 4.90 Å². The first kappa shape index (κ1) is 13.8. The highest BCUT2D eigenvalue weighted by molar-refractivity contribution is 5.90. The van der Waals surface area contributed by atoms with Crippen LogP contribution < -0.4 is 0 Å². The molecule has 6 heteroatoms. The van der Waals surface area contributed by atoms with E-state index in [4.69, 9.17) is 0 Å². The summed E-state index contributed by atoms with van der Waals surface area (Å²) in [6.45, 7) is 3.87. The van der Waals surface area contributed by atoms with Crippen LogP contribution in [0.15, 0.2) is 0 Å². The number of carbonyl (C=O) groups excluding carboxylic acids is 3. The third-order valence-corrected chi connectivity index (χ3v) is 3.91. The highest BCUT2D eigenvalue weighted by atomic mass is 16.7. The van der Waals surface area contributed by atoms with E-state index in [1.165, 1.54) is 0 Å². The molecule has 19 heavy (non-hydrogen) atoms. The van der Waals surface area contributed by atoms with Crippen molar-refractivity contribution in [2.75, 3.05) is 6.61 Å². The summed E-state index contributed by atoms with van der Waals surface area (Å²) < 4.78 is 9.21. The monoisotopic (exact) mass is 269 g/mol. The van der Waals surface area contributed by atoms with E-state index in [0.29, 0.717) is 18.8 Å². The lowest BCUT2D eigenvalue weighted by Gasteiger charge is -2.39. The number of fused-ring (bicyclic) bond motifs is 1. The smallest absolute Gasteiger partial charge is 0.434 e. The Labute approximate surface area is 112 Å². The lowest BCUT2D eigenvalue weighted by molar-refractivity contribution is -0.154. The van der Waals surface area contributed by atoms with Gasteiger partial charge in [0.1, 0.15) is 6.04 Å². The molecule has 0 radical (unpaired) electrons. The summed E-state index contributed by atoms with van der Waals surface area (Å²) >= 11 is 0. The van der Waals surface area contributed by atoms with Crippen LogP contribution in [0, 0.1) is 5.92 Å². The van der Waals surface area contributed by atoms with Crippen molar-refractivity contribution < 1.29 is 23.9 Å². The van der Waals surface area contributed by atoms with E-state index in [-0.39, 0.29) is 18.6 Å². The minimum absolute atomic E-state index is 0.0256. The topological polar surface area (TPSA) is 72.9 Å². The van der Waals surface area contributed by atoms with Crippen LogP contribution in [0.1, 0.15) is 39.5 Å². The van der Waals surface area contributed by atoms with Crippen LogP contribution in [0.5, 0.6) is 0 Å². The molecule has 0 aliphatic carbocycles. The van der Waals surface area contributed by atoms with Crippen LogP contribution in [0.3, 0.4) is 0 Å². The molecule has 1 amide bonds. The zero-order chi connectivity index (χ0) is 14.0. The molecular formula is C13H19NO5. The summed E-state index contributed by atoms with van der Waals surface area (Å²) in [5.74, 6) is -0.314. The Hall–Kier alpha value is -1.59. The standard InChI is InChI=1S/C13H19NO5/c1-3-18-13(17)19-12(16)10-5-4-8(2)9-6-7-11(15)14(9)10/h8-10H,3-7H2,1-2H3/t8-,9+,10+/m1/s1. The van der Waals surface area contributed by atoms with Gasteiger partial charge in [0.05, 0.1) is 6.61 Å². The quantitative estimate of drug-likeness (QED) is 0.560. The molecule has 0 unspecified atom stereocenters. The van der Waals surface area contributed by atoms with Crippen molar-refractivity contribution in [3.05, 3.63) is 0 Å². The summed E-state index contributed by atoms with van der Waals surface area (Å²) in [4.78, 5) is 36.6. The fourth-order valence-electron chi connectivity index (χ4n) is 2.97. The molecule has 0 bridgehead atoms. The van der Waals surface area contributed by atoms with Gasteiger partial charge in [0, 0.05) is 12.5 Å². The maximum Gasteiger partial charge on any atom is 0.516 e. The molecule has 3 atom stereocenters. The second-order valence-electron chi connectivity index (χ2n) is 5.08. The first-order valence-electron chi connectivity index (χ1n) is 6.74. The molecule has 0 aromatic carbocycles. The Morgan fingerprint density at radius 3 is 2.74 bits per heavy atom. The van der Waals surface area contributed by atoms with Crippen molar-refractivity contribution in [3.63, 3.8) is 0 Å². The minimum atomic E-state index is -0.991. The van der Waals surface area contributed by atoms with Crippen LogP contribution in [0.25, 0.3) is 0 Å². The summed E-state index contributed by atoms with van der Waals surface area (Å²) in [5, 5.41) is 0. The Bertz CT molecular complexity index is 394. The van der Waals surface area contributed by atoms with E-state index in [2.05, 4.69) is 16.4 Å². The number of piperidine rings is 1. The van der Waals surface area contributed by atoms with Gasteiger partial charge < -0.3 is 14.4 Å². The number of hydrogen-bond donors (Lipinski definition) is 0. The number of hydrogen-bond acceptors (Lipinski definition) is 5. The second-order valence-corrected chi connectivity index (χ2v) is 5.08. The molecular weight excluding hydrogens is 250 g/mol. The lowest BCUT2D eigenvalue weighted by Crippen LogP contribution is -2.52. The van der Waals surface area contributed by atoms with Gasteiger partial charge in [-0.3, -0.25) is 4.79 Å². The molecule has 0 spiro atoms. The second kappa shape index (κ2) is 5.59. The molecule has 106 valence electrons. The predicted molar refractivity (Wildman–Crippen MR) is 65.2 cm³/mol. The maximum absolute atomic E-state index is 12.0. The summed E-state index contributed by atoms with van der Waals surface area (Å²) in [6.07, 6.45) is 1.66. The minimum Gasteiger partial charge on any atom is -0.434 e. The van der Waals surface area contributed by atoms with Gasteiger partial charge in [-0.2, -0.15) is 0 Å². The van der Waals surface area contributed by atoms with Gasteiger partial charge in [-0.05, 0) is 32.1 Å². The zero-order valence-electron chi connectivity index (χ0n) is 11.3. The number of amides is 1. The van der Waals surface area contributed by atoms with Gasteiger partial charge >= 0.3 is 12.1 Å². The SMILES string of the molecule is CCOC(=O)OC(=O)[C@@H]1CC[C@@H](C)[C@@H]2CCC(=O)N12. The van der Waals surface area contributed by atoms with Crippen LogP contribution in [-0.4, -0.2) is 41.6 Å². The molecule has 2 aliphatic rings. The molecule has 2 saturated heterocycles. The van der Waals surface area contributed by atoms with E-state index >= 15 is 0 Å². The van der Waals surface area contributed by atoms with E-state index in [9.17, 15) is 14.4 Å². The van der Waals surface area contributed by atoms with Crippen molar-refractivity contribution in [3.8, 4) is 0 Å². The molecule has 2 aliphatic heterocycles. The number of carbonyl (C=O) groups is 3. The van der Waals surface area contributed by atoms with E-state index in [0.717, 1.165) is 12.8 Å². The Morgan fingerprint density at radius 2 is 2.05 bits per heavy atom. The number of nitrogens with zero attached hydrogens (tertiary/aromatic N) is 1. The van der Waals surface area contributed by atoms with E-state index in [1.807, 2.05) is 0 Å². The van der Waals surface area contributed by atoms with Gasteiger partial charge in [0.15, 0.2) is 0 Å². The Kier molecular flexibility index (Phi) is 4.07. The molecule has 2 fully saturated rings. The van der Waals surface area contributed by atoms with E-state index < -0.39 is 18.2 Å². The van der Waals surface area contributed by atoms with Gasteiger partial charge in [-0.15, -0.1) is 0 Å². The van der Waals surface area contributed by atoms with Crippen LogP contribution >= 0.6 is 0 Å². The average Bonchev–Trinajstić information content (AvgIpc) is 2.73. The van der Waals surface area contributed by atoms with E-state index in [1.54, 1.807) is 11.8 Å². The van der Waals surface area contributed by atoms with Crippen LogP contribution in [0.2, 0.25) is 0 Å². The molecule has 2 rings (SSSR count). The summed E-state index contributed by atoms with van der Waals surface area (Å²) in [7, 11) is 0. The lowest BCUT2D eigenvalue weighted by atomic mass is 9.87. The fraction of sp³-hybridized carbons (Fsp3) is 0.769. The average molecular weight is 269 g/mol. The van der Waals surface area contributed by atoms with Crippen molar-refractivity contribution in [1.29, 1.82) is 0 Å². The Morgan fingerprint density at radius 1 is 1.32 bits per heavy atom. The molecule has 0 aromatic rings.